The highest BCUT2D eigenvalue weighted by atomic mass is 19.1. The van der Waals surface area contributed by atoms with Gasteiger partial charge in [-0.2, -0.15) is 0 Å². The molecule has 2 heterocycles. The van der Waals surface area contributed by atoms with Gasteiger partial charge in [-0.05, 0) is 75.0 Å². The monoisotopic (exact) mass is 470 g/mol. The van der Waals surface area contributed by atoms with Gasteiger partial charge in [0.05, 0.1) is 24.3 Å². The second-order valence-corrected chi connectivity index (χ2v) is 9.39. The number of amides is 1. The number of carbonyl (C=O) groups is 1. The van der Waals surface area contributed by atoms with E-state index in [1.165, 1.54) is 12.1 Å². The third-order valence-electron chi connectivity index (χ3n) is 7.00. The van der Waals surface area contributed by atoms with Gasteiger partial charge in [0.15, 0.2) is 0 Å². The second-order valence-electron chi connectivity index (χ2n) is 9.39. The average Bonchev–Trinajstić information content (AvgIpc) is 3.26. The van der Waals surface area contributed by atoms with Crippen molar-refractivity contribution in [3.8, 4) is 5.75 Å². The molecule has 1 aliphatic heterocycles. The Labute approximate surface area is 200 Å². The number of hydrogen-bond donors (Lipinski definition) is 2. The van der Waals surface area contributed by atoms with Crippen LogP contribution in [-0.2, 0) is 6.42 Å². The number of piperidine rings is 1. The third kappa shape index (κ3) is 6.23. The Morgan fingerprint density at radius 3 is 2.62 bits per heavy atom. The van der Waals surface area contributed by atoms with Crippen LogP contribution in [0, 0.1) is 11.7 Å². The van der Waals surface area contributed by atoms with Crippen LogP contribution in [0.2, 0.25) is 0 Å². The number of halogens is 1. The van der Waals surface area contributed by atoms with Gasteiger partial charge in [-0.15, -0.1) is 0 Å². The zero-order valence-electron chi connectivity index (χ0n) is 19.9. The molecule has 2 aromatic rings. The minimum atomic E-state index is -0.607. The average molecular weight is 471 g/mol. The number of rotatable bonds is 9. The van der Waals surface area contributed by atoms with Gasteiger partial charge in [0.2, 0.25) is 5.95 Å². The van der Waals surface area contributed by atoms with Crippen LogP contribution in [0.4, 0.5) is 10.3 Å². The number of aliphatic hydroxyl groups is 1. The molecule has 7 nitrogen and oxygen atoms in total. The van der Waals surface area contributed by atoms with E-state index in [2.05, 4.69) is 27.1 Å². The standard InChI is InChI=1S/C26H35FN4O3/c1-2-18-16-28-26(29-17-18)31-12-10-19(11-13-31)5-4-14-34-20-8-9-21(22(27)15-20)25(33)30-23-6-3-7-24(23)32/h8-9,15-17,19,23-24,32H,2-7,10-14H2,1H3,(H,30,33)/t23?,24-/m0/s1. The second kappa shape index (κ2) is 11.6. The fourth-order valence-electron chi connectivity index (χ4n) is 4.80. The van der Waals surface area contributed by atoms with Crippen molar-refractivity contribution in [2.24, 2.45) is 5.92 Å². The maximum atomic E-state index is 14.5. The van der Waals surface area contributed by atoms with Crippen LogP contribution in [0.5, 0.6) is 5.75 Å². The molecule has 2 N–H and O–H groups in total. The number of carbonyl (C=O) groups excluding carboxylic acids is 1. The van der Waals surface area contributed by atoms with Gasteiger partial charge in [-0.1, -0.05) is 6.92 Å². The molecule has 0 radical (unpaired) electrons. The Bertz CT molecular complexity index is 948. The smallest absolute Gasteiger partial charge is 0.254 e. The van der Waals surface area contributed by atoms with E-state index >= 15 is 0 Å². The Balaban J connectivity index is 1.16. The molecule has 1 unspecified atom stereocenters. The highest BCUT2D eigenvalue weighted by molar-refractivity contribution is 5.94. The first-order chi connectivity index (χ1) is 16.5. The molecule has 8 heteroatoms. The largest absolute Gasteiger partial charge is 0.493 e. The van der Waals surface area contributed by atoms with E-state index in [1.807, 2.05) is 12.4 Å². The number of benzene rings is 1. The van der Waals surface area contributed by atoms with E-state index < -0.39 is 17.8 Å². The molecule has 184 valence electrons. The van der Waals surface area contributed by atoms with Crippen molar-refractivity contribution in [2.75, 3.05) is 24.6 Å². The lowest BCUT2D eigenvalue weighted by molar-refractivity contribution is 0.0869. The first-order valence-corrected chi connectivity index (χ1v) is 12.5. The van der Waals surface area contributed by atoms with Crippen molar-refractivity contribution in [1.29, 1.82) is 0 Å². The van der Waals surface area contributed by atoms with Crippen LogP contribution in [0.1, 0.15) is 67.8 Å². The summed E-state index contributed by atoms with van der Waals surface area (Å²) in [5.41, 5.74) is 1.13. The number of aryl methyl sites for hydroxylation is 1. The Kier molecular flexibility index (Phi) is 8.32. The van der Waals surface area contributed by atoms with Gasteiger partial charge < -0.3 is 20.1 Å². The summed E-state index contributed by atoms with van der Waals surface area (Å²) in [5.74, 6) is 0.788. The lowest BCUT2D eigenvalue weighted by Gasteiger charge is -2.32. The van der Waals surface area contributed by atoms with E-state index in [0.717, 1.165) is 63.1 Å². The van der Waals surface area contributed by atoms with E-state index in [0.29, 0.717) is 31.1 Å². The van der Waals surface area contributed by atoms with Crippen molar-refractivity contribution < 1.29 is 19.0 Å². The molecule has 1 aliphatic carbocycles. The Morgan fingerprint density at radius 2 is 1.97 bits per heavy atom. The van der Waals surface area contributed by atoms with Crippen molar-refractivity contribution in [3.63, 3.8) is 0 Å². The topological polar surface area (TPSA) is 87.6 Å². The molecule has 1 aromatic heterocycles. The SMILES string of the molecule is CCc1cnc(N2CCC(CCCOc3ccc(C(=O)NC4CCC[C@@H]4O)c(F)c3)CC2)nc1. The van der Waals surface area contributed by atoms with Gasteiger partial charge >= 0.3 is 0 Å². The molecule has 0 spiro atoms. The highest BCUT2D eigenvalue weighted by Crippen LogP contribution is 2.25. The zero-order chi connectivity index (χ0) is 23.9. The number of nitrogens with zero attached hydrogens (tertiary/aromatic N) is 3. The van der Waals surface area contributed by atoms with Crippen LogP contribution < -0.4 is 15.0 Å². The lowest BCUT2D eigenvalue weighted by Crippen LogP contribution is -2.40. The molecule has 1 amide bonds. The molecule has 4 rings (SSSR count). The van der Waals surface area contributed by atoms with Crippen molar-refractivity contribution >= 4 is 11.9 Å². The maximum absolute atomic E-state index is 14.5. The molecule has 2 aliphatic rings. The molecule has 0 bridgehead atoms. The molecule has 1 saturated carbocycles. The quantitative estimate of drug-likeness (QED) is 0.541. The van der Waals surface area contributed by atoms with Crippen LogP contribution >= 0.6 is 0 Å². The number of anilines is 1. The van der Waals surface area contributed by atoms with Crippen LogP contribution in [-0.4, -0.2) is 52.8 Å². The van der Waals surface area contributed by atoms with Crippen LogP contribution in [0.25, 0.3) is 0 Å². The normalized spacial score (nSPS) is 21.0. The van der Waals surface area contributed by atoms with Gasteiger partial charge in [-0.25, -0.2) is 14.4 Å². The summed E-state index contributed by atoms with van der Waals surface area (Å²) >= 11 is 0. The van der Waals surface area contributed by atoms with Crippen molar-refractivity contribution in [3.05, 3.63) is 47.5 Å². The van der Waals surface area contributed by atoms with Gasteiger partial charge in [-0.3, -0.25) is 4.79 Å². The van der Waals surface area contributed by atoms with E-state index in [4.69, 9.17) is 4.74 Å². The zero-order valence-corrected chi connectivity index (χ0v) is 19.9. The predicted molar refractivity (Wildman–Crippen MR) is 129 cm³/mol. The van der Waals surface area contributed by atoms with E-state index in [9.17, 15) is 14.3 Å². The fourth-order valence-corrected chi connectivity index (χ4v) is 4.80. The number of ether oxygens (including phenoxy) is 1. The van der Waals surface area contributed by atoms with E-state index in [1.54, 1.807) is 6.07 Å². The molecule has 2 atom stereocenters. The summed E-state index contributed by atoms with van der Waals surface area (Å²) in [7, 11) is 0. The Morgan fingerprint density at radius 1 is 1.21 bits per heavy atom. The molecule has 34 heavy (non-hydrogen) atoms. The summed E-state index contributed by atoms with van der Waals surface area (Å²) in [6, 6.07) is 4.05. The van der Waals surface area contributed by atoms with Crippen LogP contribution in [0.15, 0.2) is 30.6 Å². The van der Waals surface area contributed by atoms with E-state index in [-0.39, 0.29) is 11.6 Å². The first kappa shape index (κ1) is 24.4. The molecular weight excluding hydrogens is 435 g/mol. The molecule has 1 saturated heterocycles. The minimum Gasteiger partial charge on any atom is -0.493 e. The van der Waals surface area contributed by atoms with Crippen molar-refractivity contribution in [1.82, 2.24) is 15.3 Å². The summed E-state index contributed by atoms with van der Waals surface area (Å²) < 4.78 is 20.2. The highest BCUT2D eigenvalue weighted by Gasteiger charge is 2.27. The fraction of sp³-hybridized carbons (Fsp3) is 0.577. The number of aliphatic hydroxyl groups excluding tert-OH is 1. The third-order valence-corrected chi connectivity index (χ3v) is 7.00. The van der Waals surface area contributed by atoms with Crippen LogP contribution in [0.3, 0.4) is 0 Å². The Hall–Kier alpha value is -2.74. The molecule has 2 fully saturated rings. The first-order valence-electron chi connectivity index (χ1n) is 12.5. The molecular formula is C26H35FN4O3. The summed E-state index contributed by atoms with van der Waals surface area (Å²) in [6.45, 7) is 4.54. The maximum Gasteiger partial charge on any atom is 0.254 e. The van der Waals surface area contributed by atoms with Crippen molar-refractivity contribution in [2.45, 2.75) is 70.4 Å². The van der Waals surface area contributed by atoms with Gasteiger partial charge in [0.1, 0.15) is 11.6 Å². The lowest BCUT2D eigenvalue weighted by atomic mass is 9.92. The summed E-state index contributed by atoms with van der Waals surface area (Å²) in [4.78, 5) is 23.6. The summed E-state index contributed by atoms with van der Waals surface area (Å²) in [6.07, 6.45) is 10.6. The number of aromatic nitrogens is 2. The number of hydrogen-bond acceptors (Lipinski definition) is 6. The minimum absolute atomic E-state index is 0.0217. The summed E-state index contributed by atoms with van der Waals surface area (Å²) in [5, 5.41) is 12.6. The van der Waals surface area contributed by atoms with Gasteiger partial charge in [0.25, 0.3) is 5.91 Å². The predicted octanol–water partition coefficient (Wildman–Crippen LogP) is 3.90. The van der Waals surface area contributed by atoms with Gasteiger partial charge in [0, 0.05) is 31.5 Å². The molecule has 1 aromatic carbocycles. The number of nitrogens with one attached hydrogen (secondary N) is 1.